The molecule has 26 heavy (non-hydrogen) atoms. The number of hydrogen-bond acceptors (Lipinski definition) is 5. The molecular weight excluding hydrogens is 370 g/mol. The second-order valence-electron chi connectivity index (χ2n) is 6.82. The molecule has 5 nitrogen and oxygen atoms in total. The van der Waals surface area contributed by atoms with Gasteiger partial charge in [-0.2, -0.15) is 0 Å². The van der Waals surface area contributed by atoms with Gasteiger partial charge >= 0.3 is 5.97 Å². The van der Waals surface area contributed by atoms with Gasteiger partial charge in [0, 0.05) is 35.1 Å². The molecule has 1 aromatic carbocycles. The lowest BCUT2D eigenvalue weighted by atomic mass is 10.1. The Morgan fingerprint density at radius 1 is 1.35 bits per heavy atom. The number of nitrogens with zero attached hydrogens (tertiary/aromatic N) is 3. The van der Waals surface area contributed by atoms with Crippen LogP contribution in [0.25, 0.3) is 10.6 Å². The number of carboxylic acid groups (broad SMARTS) is 1. The van der Waals surface area contributed by atoms with Crippen molar-refractivity contribution in [3.05, 3.63) is 40.4 Å². The van der Waals surface area contributed by atoms with Crippen LogP contribution in [0.4, 0.5) is 0 Å². The Morgan fingerprint density at radius 2 is 2.12 bits per heavy atom. The zero-order valence-corrected chi connectivity index (χ0v) is 16.5. The van der Waals surface area contributed by atoms with Crippen LogP contribution in [0.5, 0.6) is 0 Å². The average molecular weight is 394 g/mol. The monoisotopic (exact) mass is 393 g/mol. The van der Waals surface area contributed by atoms with Crippen molar-refractivity contribution in [1.29, 1.82) is 0 Å². The summed E-state index contributed by atoms with van der Waals surface area (Å²) in [6, 6.07) is 8.12. The number of likely N-dealkylation sites (N-methyl/N-ethyl adjacent to an activating group) is 1. The van der Waals surface area contributed by atoms with E-state index < -0.39 is 5.97 Å². The highest BCUT2D eigenvalue weighted by Gasteiger charge is 2.22. The molecule has 0 bridgehead atoms. The summed E-state index contributed by atoms with van der Waals surface area (Å²) in [6.45, 7) is 2.97. The van der Waals surface area contributed by atoms with Crippen LogP contribution in [0.2, 0.25) is 5.02 Å². The lowest BCUT2D eigenvalue weighted by molar-refractivity contribution is -0.138. The van der Waals surface area contributed by atoms with E-state index in [4.69, 9.17) is 21.7 Å². The third-order valence-corrected chi connectivity index (χ3v) is 6.02. The Kier molecular flexibility index (Phi) is 6.64. The first-order valence-electron chi connectivity index (χ1n) is 8.86. The van der Waals surface area contributed by atoms with Gasteiger partial charge in [-0.1, -0.05) is 23.7 Å². The Morgan fingerprint density at radius 3 is 2.85 bits per heavy atom. The molecule has 1 unspecified atom stereocenters. The van der Waals surface area contributed by atoms with Gasteiger partial charge in [-0.25, -0.2) is 4.98 Å². The van der Waals surface area contributed by atoms with E-state index >= 15 is 0 Å². The number of halogens is 1. The minimum atomic E-state index is -0.759. The van der Waals surface area contributed by atoms with Crippen LogP contribution in [0, 0.1) is 0 Å². The van der Waals surface area contributed by atoms with Crippen molar-refractivity contribution in [2.75, 3.05) is 26.7 Å². The Labute approximate surface area is 163 Å². The van der Waals surface area contributed by atoms with E-state index in [1.165, 1.54) is 0 Å². The zero-order valence-electron chi connectivity index (χ0n) is 14.9. The number of carbonyl (C=O) groups is 1. The van der Waals surface area contributed by atoms with Crippen LogP contribution in [-0.2, 0) is 11.3 Å². The molecule has 1 fully saturated rings. The number of aliphatic carboxylic acids is 1. The van der Waals surface area contributed by atoms with E-state index in [1.54, 1.807) is 11.3 Å². The van der Waals surface area contributed by atoms with E-state index in [0.29, 0.717) is 6.04 Å². The van der Waals surface area contributed by atoms with Gasteiger partial charge in [0.2, 0.25) is 0 Å². The van der Waals surface area contributed by atoms with Crippen molar-refractivity contribution in [1.82, 2.24) is 14.8 Å². The molecule has 1 atom stereocenters. The van der Waals surface area contributed by atoms with Gasteiger partial charge in [0.05, 0.1) is 12.2 Å². The lowest BCUT2D eigenvalue weighted by Gasteiger charge is -2.25. The molecule has 0 radical (unpaired) electrons. The van der Waals surface area contributed by atoms with Crippen LogP contribution in [0.1, 0.15) is 25.0 Å². The highest BCUT2D eigenvalue weighted by atomic mass is 35.5. The van der Waals surface area contributed by atoms with Gasteiger partial charge in [0.15, 0.2) is 0 Å². The molecule has 1 aromatic heterocycles. The predicted molar refractivity (Wildman–Crippen MR) is 106 cm³/mol. The number of thiazole rings is 1. The molecule has 0 saturated carbocycles. The fourth-order valence-corrected chi connectivity index (χ4v) is 4.36. The molecule has 1 saturated heterocycles. The molecule has 0 amide bonds. The normalized spacial score (nSPS) is 18.8. The third-order valence-electron chi connectivity index (χ3n) is 4.83. The van der Waals surface area contributed by atoms with E-state index in [9.17, 15) is 4.79 Å². The molecule has 0 aliphatic carbocycles. The summed E-state index contributed by atoms with van der Waals surface area (Å²) in [5.74, 6) is -0.759. The minimum absolute atomic E-state index is 0.112. The Balaban J connectivity index is 1.56. The maximum absolute atomic E-state index is 10.9. The van der Waals surface area contributed by atoms with Crippen LogP contribution >= 0.6 is 22.9 Å². The first-order valence-corrected chi connectivity index (χ1v) is 10.1. The minimum Gasteiger partial charge on any atom is -0.480 e. The fourth-order valence-electron chi connectivity index (χ4n) is 3.41. The molecule has 140 valence electrons. The first-order chi connectivity index (χ1) is 12.5. The number of benzene rings is 1. The van der Waals surface area contributed by atoms with Crippen molar-refractivity contribution >= 4 is 28.9 Å². The largest absolute Gasteiger partial charge is 0.480 e. The molecule has 2 aromatic rings. The Bertz CT molecular complexity index is 735. The van der Waals surface area contributed by atoms with E-state index in [2.05, 4.69) is 10.3 Å². The summed E-state index contributed by atoms with van der Waals surface area (Å²) in [4.78, 5) is 20.1. The summed E-state index contributed by atoms with van der Waals surface area (Å²) in [5.41, 5.74) is 2.19. The van der Waals surface area contributed by atoms with Gasteiger partial charge in [-0.15, -0.1) is 11.3 Å². The van der Waals surface area contributed by atoms with Crippen molar-refractivity contribution < 1.29 is 9.90 Å². The molecule has 7 heteroatoms. The molecule has 1 aliphatic rings. The van der Waals surface area contributed by atoms with Crippen LogP contribution in [0.3, 0.4) is 0 Å². The van der Waals surface area contributed by atoms with Crippen molar-refractivity contribution in [3.8, 4) is 10.6 Å². The van der Waals surface area contributed by atoms with E-state index in [-0.39, 0.29) is 6.54 Å². The quantitative estimate of drug-likeness (QED) is 0.808. The number of hydrogen-bond donors (Lipinski definition) is 1. The molecule has 1 N–H and O–H groups in total. The zero-order chi connectivity index (χ0) is 18.5. The lowest BCUT2D eigenvalue weighted by Crippen LogP contribution is -2.36. The second-order valence-corrected chi connectivity index (χ2v) is 8.12. The molecule has 3 rings (SSSR count). The number of likely N-dealkylation sites (tertiary alicyclic amines) is 1. The van der Waals surface area contributed by atoms with Gasteiger partial charge in [-0.05, 0) is 45.0 Å². The molecule has 2 heterocycles. The number of rotatable bonds is 6. The SMILES string of the molecule is CN(CC(=O)O)C1CCCN(Cc2csc(-c3ccc(Cl)cc3)n2)CC1. The van der Waals surface area contributed by atoms with Gasteiger partial charge in [0.1, 0.15) is 5.01 Å². The smallest absolute Gasteiger partial charge is 0.317 e. The standard InChI is InChI=1S/C19H24ClN3O2S/c1-22(12-18(24)25)17-3-2-9-23(10-8-17)11-16-13-26-19(21-16)14-4-6-15(20)7-5-14/h4-7,13,17H,2-3,8-12H2,1H3,(H,24,25). The number of carboxylic acids is 1. The summed E-state index contributed by atoms with van der Waals surface area (Å²) in [6.07, 6.45) is 3.13. The fraction of sp³-hybridized carbons (Fsp3) is 0.474. The van der Waals surface area contributed by atoms with Crippen molar-refractivity contribution in [2.24, 2.45) is 0 Å². The second kappa shape index (κ2) is 8.95. The highest BCUT2D eigenvalue weighted by Crippen LogP contribution is 2.26. The highest BCUT2D eigenvalue weighted by molar-refractivity contribution is 7.13. The Hall–Kier alpha value is -1.47. The molecular formula is C19H24ClN3O2S. The summed E-state index contributed by atoms with van der Waals surface area (Å²) in [7, 11) is 1.91. The number of aromatic nitrogens is 1. The molecule has 1 aliphatic heterocycles. The van der Waals surface area contributed by atoms with E-state index in [1.807, 2.05) is 36.2 Å². The topological polar surface area (TPSA) is 56.7 Å². The van der Waals surface area contributed by atoms with Crippen molar-refractivity contribution in [3.63, 3.8) is 0 Å². The average Bonchev–Trinajstić information content (AvgIpc) is 2.93. The first kappa shape index (κ1) is 19.3. The van der Waals surface area contributed by atoms with Crippen LogP contribution in [0.15, 0.2) is 29.6 Å². The molecule has 0 spiro atoms. The summed E-state index contributed by atoms with van der Waals surface area (Å²) in [5, 5.41) is 12.9. The third kappa shape index (κ3) is 5.27. The van der Waals surface area contributed by atoms with Crippen LogP contribution in [-0.4, -0.2) is 58.6 Å². The summed E-state index contributed by atoms with van der Waals surface area (Å²) < 4.78 is 0. The van der Waals surface area contributed by atoms with Gasteiger partial charge < -0.3 is 5.11 Å². The predicted octanol–water partition coefficient (Wildman–Crippen LogP) is 3.83. The van der Waals surface area contributed by atoms with Gasteiger partial charge in [-0.3, -0.25) is 14.6 Å². The maximum atomic E-state index is 10.9. The van der Waals surface area contributed by atoms with E-state index in [0.717, 1.165) is 60.2 Å². The van der Waals surface area contributed by atoms with Crippen LogP contribution < -0.4 is 0 Å². The van der Waals surface area contributed by atoms with Gasteiger partial charge in [0.25, 0.3) is 0 Å². The van der Waals surface area contributed by atoms with Crippen molar-refractivity contribution in [2.45, 2.75) is 31.8 Å². The summed E-state index contributed by atoms with van der Waals surface area (Å²) >= 11 is 7.61. The maximum Gasteiger partial charge on any atom is 0.317 e.